The van der Waals surface area contributed by atoms with Crippen molar-refractivity contribution in [2.45, 2.75) is 19.4 Å². The van der Waals surface area contributed by atoms with Crippen molar-refractivity contribution < 1.29 is 29.0 Å². The van der Waals surface area contributed by atoms with Gasteiger partial charge in [0.05, 0.1) is 25.2 Å². The fourth-order valence-electron chi connectivity index (χ4n) is 4.31. The average molecular weight is 498 g/mol. The molecular weight excluding hydrogens is 480 g/mol. The Kier molecular flexibility index (Phi) is 5.36. The third kappa shape index (κ3) is 3.20. The van der Waals surface area contributed by atoms with Crippen molar-refractivity contribution in [2.75, 3.05) is 7.11 Å². The Bertz CT molecular complexity index is 980. The van der Waals surface area contributed by atoms with E-state index in [0.29, 0.717) is 10.0 Å². The lowest BCUT2D eigenvalue weighted by Gasteiger charge is -2.17. The lowest BCUT2D eigenvalue weighted by molar-refractivity contribution is -0.144. The number of imide groups is 1. The Morgan fingerprint density at radius 2 is 1.93 bits per heavy atom. The first kappa shape index (κ1) is 20.9. The van der Waals surface area contributed by atoms with Crippen molar-refractivity contribution in [1.29, 1.82) is 0 Å². The van der Waals surface area contributed by atoms with Gasteiger partial charge in [0.1, 0.15) is 5.02 Å². The Morgan fingerprint density at radius 1 is 1.33 bits per heavy atom. The van der Waals surface area contributed by atoms with Crippen LogP contribution in [0.4, 0.5) is 0 Å². The molecular formula is C20H18BrClN2O6. The van der Waals surface area contributed by atoms with E-state index in [4.69, 9.17) is 26.2 Å². The SMILES string of the molecule is COc1cc(C=NN2C(=O)C3C4C=CC(C4)C3C2=O)c(Br)c(Cl)c1OC(C)C(=O)O. The average Bonchev–Trinajstić information content (AvgIpc) is 3.39. The number of allylic oxidation sites excluding steroid dienone is 2. The summed E-state index contributed by atoms with van der Waals surface area (Å²) in [6.45, 7) is 1.37. The molecule has 2 fully saturated rings. The van der Waals surface area contributed by atoms with Crippen LogP contribution in [-0.2, 0) is 14.4 Å². The van der Waals surface area contributed by atoms with Crippen molar-refractivity contribution in [1.82, 2.24) is 5.01 Å². The molecule has 5 unspecified atom stereocenters. The minimum absolute atomic E-state index is 0.0589. The molecule has 158 valence electrons. The Balaban J connectivity index is 1.61. The molecule has 1 N–H and O–H groups in total. The molecule has 1 heterocycles. The van der Waals surface area contributed by atoms with Crippen LogP contribution in [0, 0.1) is 23.7 Å². The molecule has 3 aliphatic rings. The van der Waals surface area contributed by atoms with Crippen molar-refractivity contribution in [3.8, 4) is 11.5 Å². The number of carbonyl (C=O) groups excluding carboxylic acids is 2. The zero-order valence-corrected chi connectivity index (χ0v) is 18.4. The monoisotopic (exact) mass is 496 g/mol. The van der Waals surface area contributed by atoms with Gasteiger partial charge in [-0.25, -0.2) is 4.79 Å². The number of nitrogens with zero attached hydrogens (tertiary/aromatic N) is 2. The molecule has 8 nitrogen and oxygen atoms in total. The molecule has 10 heteroatoms. The summed E-state index contributed by atoms with van der Waals surface area (Å²) in [5.41, 5.74) is 0.436. The number of amides is 2. The predicted molar refractivity (Wildman–Crippen MR) is 111 cm³/mol. The summed E-state index contributed by atoms with van der Waals surface area (Å²) < 4.78 is 11.0. The summed E-state index contributed by atoms with van der Waals surface area (Å²) in [7, 11) is 1.39. The first-order valence-corrected chi connectivity index (χ1v) is 10.5. The number of carbonyl (C=O) groups is 3. The third-order valence-electron chi connectivity index (χ3n) is 5.78. The first-order valence-electron chi connectivity index (χ1n) is 9.30. The van der Waals surface area contributed by atoms with Gasteiger partial charge in [-0.2, -0.15) is 10.1 Å². The number of carboxylic acid groups (broad SMARTS) is 1. The van der Waals surface area contributed by atoms with Crippen LogP contribution < -0.4 is 9.47 Å². The standard InChI is InChI=1S/C20H18BrClN2O6/c1-8(20(27)28)30-17-12(29-2)6-11(15(21)16(17)22)7-23-24-18(25)13-9-3-4-10(5-9)14(13)19(24)26/h3-4,6-10,13-14H,5H2,1-2H3,(H,27,28). The predicted octanol–water partition coefficient (Wildman–Crippen LogP) is 3.10. The van der Waals surface area contributed by atoms with Crippen molar-refractivity contribution in [2.24, 2.45) is 28.8 Å². The zero-order valence-electron chi connectivity index (χ0n) is 16.0. The number of hydrogen-bond donors (Lipinski definition) is 1. The number of benzene rings is 1. The van der Waals surface area contributed by atoms with Crippen LogP contribution in [0.5, 0.6) is 11.5 Å². The van der Waals surface area contributed by atoms with E-state index in [9.17, 15) is 14.4 Å². The molecule has 0 spiro atoms. The molecule has 5 atom stereocenters. The van der Waals surface area contributed by atoms with E-state index < -0.39 is 12.1 Å². The summed E-state index contributed by atoms with van der Waals surface area (Å²) in [4.78, 5) is 36.6. The number of methoxy groups -OCH3 is 1. The number of rotatable bonds is 6. The summed E-state index contributed by atoms with van der Waals surface area (Å²) in [6, 6.07) is 1.53. The van der Waals surface area contributed by atoms with E-state index in [1.807, 2.05) is 12.2 Å². The number of hydrazone groups is 1. The van der Waals surface area contributed by atoms with Crippen molar-refractivity contribution in [3.63, 3.8) is 0 Å². The van der Waals surface area contributed by atoms with Gasteiger partial charge < -0.3 is 14.6 Å². The number of halogens is 2. The fraction of sp³-hybridized carbons (Fsp3) is 0.400. The van der Waals surface area contributed by atoms with E-state index >= 15 is 0 Å². The van der Waals surface area contributed by atoms with Crippen LogP contribution in [0.3, 0.4) is 0 Å². The lowest BCUT2D eigenvalue weighted by Crippen LogP contribution is -2.28. The molecule has 2 amide bonds. The van der Waals surface area contributed by atoms with Gasteiger partial charge in [-0.1, -0.05) is 23.8 Å². The van der Waals surface area contributed by atoms with E-state index in [1.54, 1.807) is 0 Å². The smallest absolute Gasteiger partial charge is 0.344 e. The maximum absolute atomic E-state index is 12.7. The number of ether oxygens (including phenoxy) is 2. The second-order valence-electron chi connectivity index (χ2n) is 7.46. The molecule has 0 radical (unpaired) electrons. The van der Waals surface area contributed by atoms with Crippen LogP contribution >= 0.6 is 27.5 Å². The lowest BCUT2D eigenvalue weighted by atomic mass is 9.85. The molecule has 1 saturated carbocycles. The molecule has 1 saturated heterocycles. The highest BCUT2D eigenvalue weighted by atomic mass is 79.9. The summed E-state index contributed by atoms with van der Waals surface area (Å²) >= 11 is 9.68. The molecule has 2 bridgehead atoms. The summed E-state index contributed by atoms with van der Waals surface area (Å²) in [5.74, 6) is -1.95. The molecule has 0 aromatic heterocycles. The van der Waals surface area contributed by atoms with Gasteiger partial charge in [-0.05, 0) is 47.2 Å². The van der Waals surface area contributed by atoms with Crippen LogP contribution in [0.2, 0.25) is 5.02 Å². The number of aliphatic carboxylic acids is 1. The third-order valence-corrected chi connectivity index (χ3v) is 7.22. The van der Waals surface area contributed by atoms with Crippen LogP contribution in [0.25, 0.3) is 0 Å². The summed E-state index contributed by atoms with van der Waals surface area (Å²) in [5, 5.41) is 14.2. The second kappa shape index (κ2) is 7.70. The van der Waals surface area contributed by atoms with Gasteiger partial charge in [-0.15, -0.1) is 0 Å². The van der Waals surface area contributed by atoms with E-state index in [1.165, 1.54) is 26.3 Å². The highest BCUT2D eigenvalue weighted by Crippen LogP contribution is 2.52. The zero-order chi connectivity index (χ0) is 21.7. The van der Waals surface area contributed by atoms with Gasteiger partial charge in [0.2, 0.25) is 0 Å². The highest BCUT2D eigenvalue weighted by molar-refractivity contribution is 9.10. The van der Waals surface area contributed by atoms with E-state index in [0.717, 1.165) is 11.4 Å². The fourth-order valence-corrected chi connectivity index (χ4v) is 4.95. The molecule has 2 aliphatic carbocycles. The number of carboxylic acids is 1. The minimum atomic E-state index is -1.16. The van der Waals surface area contributed by atoms with Crippen molar-refractivity contribution in [3.05, 3.63) is 33.3 Å². The van der Waals surface area contributed by atoms with E-state index in [-0.39, 0.29) is 52.0 Å². The van der Waals surface area contributed by atoms with Gasteiger partial charge in [0.15, 0.2) is 17.6 Å². The van der Waals surface area contributed by atoms with Crippen LogP contribution in [0.15, 0.2) is 27.8 Å². The maximum Gasteiger partial charge on any atom is 0.344 e. The number of fused-ring (bicyclic) bond motifs is 5. The Labute approximate surface area is 185 Å². The molecule has 1 aliphatic heterocycles. The van der Waals surface area contributed by atoms with E-state index in [2.05, 4.69) is 21.0 Å². The van der Waals surface area contributed by atoms with Gasteiger partial charge in [-0.3, -0.25) is 9.59 Å². The van der Waals surface area contributed by atoms with Crippen LogP contribution in [0.1, 0.15) is 18.9 Å². The Morgan fingerprint density at radius 3 is 2.47 bits per heavy atom. The molecule has 1 aromatic carbocycles. The number of hydrogen-bond acceptors (Lipinski definition) is 6. The summed E-state index contributed by atoms with van der Waals surface area (Å²) in [6.07, 6.45) is 5.07. The van der Waals surface area contributed by atoms with Gasteiger partial charge >= 0.3 is 5.97 Å². The van der Waals surface area contributed by atoms with Crippen LogP contribution in [-0.4, -0.2) is 47.3 Å². The van der Waals surface area contributed by atoms with Gasteiger partial charge in [0.25, 0.3) is 11.8 Å². The molecule has 4 rings (SSSR count). The van der Waals surface area contributed by atoms with Gasteiger partial charge in [0, 0.05) is 10.0 Å². The van der Waals surface area contributed by atoms with Crippen molar-refractivity contribution >= 4 is 51.5 Å². The topological polar surface area (TPSA) is 106 Å². The first-order chi connectivity index (χ1) is 14.2. The largest absolute Gasteiger partial charge is 0.493 e. The maximum atomic E-state index is 12.7. The second-order valence-corrected chi connectivity index (χ2v) is 8.63. The molecule has 30 heavy (non-hydrogen) atoms. The minimum Gasteiger partial charge on any atom is -0.493 e. The Hall–Kier alpha value is -2.39. The highest BCUT2D eigenvalue weighted by Gasteiger charge is 2.59. The normalized spacial score (nSPS) is 27.8. The quantitative estimate of drug-likeness (QED) is 0.368. The molecule has 1 aromatic rings.